The van der Waals surface area contributed by atoms with Crippen molar-refractivity contribution in [1.82, 2.24) is 0 Å². The van der Waals surface area contributed by atoms with Crippen LogP contribution in [-0.2, 0) is 0 Å². The standard InChI is InChI=1S/C20H15NO4/c1-25-19-9-8-15-12-17(7-6-16(15)13-19)20(22)10-5-14-3-2-4-18(11-14)21(23)24/h2-13H,1H3/b10-5+. The second-order valence-corrected chi connectivity index (χ2v) is 5.48. The molecule has 0 unspecified atom stereocenters. The van der Waals surface area contributed by atoms with E-state index in [4.69, 9.17) is 4.74 Å². The topological polar surface area (TPSA) is 69.4 Å². The van der Waals surface area contributed by atoms with Gasteiger partial charge in [0.15, 0.2) is 5.78 Å². The first-order valence-electron chi connectivity index (χ1n) is 7.61. The number of non-ortho nitro benzene ring substituents is 1. The van der Waals surface area contributed by atoms with E-state index in [-0.39, 0.29) is 11.5 Å². The van der Waals surface area contributed by atoms with E-state index in [2.05, 4.69) is 0 Å². The van der Waals surface area contributed by atoms with Gasteiger partial charge in [-0.3, -0.25) is 14.9 Å². The first-order valence-corrected chi connectivity index (χ1v) is 7.61. The molecular formula is C20H15NO4. The summed E-state index contributed by atoms with van der Waals surface area (Å²) in [4.78, 5) is 22.7. The fraction of sp³-hybridized carbons (Fsp3) is 0.0500. The molecule has 0 fully saturated rings. The van der Waals surface area contributed by atoms with E-state index in [9.17, 15) is 14.9 Å². The number of allylic oxidation sites excluding steroid dienone is 1. The van der Waals surface area contributed by atoms with Gasteiger partial charge < -0.3 is 4.74 Å². The Kier molecular flexibility index (Phi) is 4.57. The van der Waals surface area contributed by atoms with Crippen LogP contribution in [-0.4, -0.2) is 17.8 Å². The molecule has 3 aromatic rings. The van der Waals surface area contributed by atoms with Gasteiger partial charge in [0, 0.05) is 17.7 Å². The van der Waals surface area contributed by atoms with Crippen molar-refractivity contribution in [3.05, 3.63) is 88.0 Å². The molecule has 0 radical (unpaired) electrons. The molecule has 3 rings (SSSR count). The maximum atomic E-state index is 12.4. The fourth-order valence-electron chi connectivity index (χ4n) is 2.51. The average Bonchev–Trinajstić information content (AvgIpc) is 2.65. The highest BCUT2D eigenvalue weighted by Crippen LogP contribution is 2.22. The zero-order valence-corrected chi connectivity index (χ0v) is 13.5. The number of ketones is 1. The molecule has 0 aliphatic heterocycles. The van der Waals surface area contributed by atoms with Crippen molar-refractivity contribution < 1.29 is 14.5 Å². The molecule has 0 aliphatic rings. The van der Waals surface area contributed by atoms with E-state index in [1.807, 2.05) is 30.3 Å². The summed E-state index contributed by atoms with van der Waals surface area (Å²) in [7, 11) is 1.61. The van der Waals surface area contributed by atoms with Gasteiger partial charge in [0.1, 0.15) is 5.75 Å². The van der Waals surface area contributed by atoms with E-state index >= 15 is 0 Å². The molecule has 5 nitrogen and oxygen atoms in total. The Hall–Kier alpha value is -3.47. The van der Waals surface area contributed by atoms with E-state index < -0.39 is 4.92 Å². The third kappa shape index (κ3) is 3.72. The maximum Gasteiger partial charge on any atom is 0.270 e. The summed E-state index contributed by atoms with van der Waals surface area (Å²) in [5.41, 5.74) is 1.15. The molecular weight excluding hydrogens is 318 g/mol. The lowest BCUT2D eigenvalue weighted by Crippen LogP contribution is -1.94. The number of ether oxygens (including phenoxy) is 1. The summed E-state index contributed by atoms with van der Waals surface area (Å²) in [5.74, 6) is 0.598. The van der Waals surface area contributed by atoms with E-state index in [1.165, 1.54) is 18.2 Å². The smallest absolute Gasteiger partial charge is 0.270 e. The lowest BCUT2D eigenvalue weighted by atomic mass is 10.0. The minimum absolute atomic E-state index is 0.00532. The van der Waals surface area contributed by atoms with Crippen LogP contribution >= 0.6 is 0 Å². The third-order valence-electron chi connectivity index (χ3n) is 3.84. The van der Waals surface area contributed by atoms with Crippen molar-refractivity contribution in [3.63, 3.8) is 0 Å². The first kappa shape index (κ1) is 16.4. The highest BCUT2D eigenvalue weighted by Gasteiger charge is 2.06. The quantitative estimate of drug-likeness (QED) is 0.295. The SMILES string of the molecule is COc1ccc2cc(C(=O)/C=C/c3cccc([N+](=O)[O-])c3)ccc2c1. The zero-order valence-electron chi connectivity index (χ0n) is 13.5. The van der Waals surface area contributed by atoms with Crippen molar-refractivity contribution in [1.29, 1.82) is 0 Å². The maximum absolute atomic E-state index is 12.4. The second-order valence-electron chi connectivity index (χ2n) is 5.48. The second kappa shape index (κ2) is 6.97. The van der Waals surface area contributed by atoms with Crippen LogP contribution in [0.1, 0.15) is 15.9 Å². The summed E-state index contributed by atoms with van der Waals surface area (Å²) in [6.45, 7) is 0. The molecule has 0 bridgehead atoms. The normalized spacial score (nSPS) is 10.9. The first-order chi connectivity index (χ1) is 12.1. The highest BCUT2D eigenvalue weighted by molar-refractivity contribution is 6.08. The molecule has 0 saturated heterocycles. The van der Waals surface area contributed by atoms with Crippen molar-refractivity contribution in [3.8, 4) is 5.75 Å². The Bertz CT molecular complexity index is 992. The molecule has 5 heteroatoms. The average molecular weight is 333 g/mol. The number of nitro benzene ring substituents is 1. The van der Waals surface area contributed by atoms with Crippen LogP contribution in [0.4, 0.5) is 5.69 Å². The molecule has 0 saturated carbocycles. The van der Waals surface area contributed by atoms with Crippen molar-refractivity contribution in [2.75, 3.05) is 7.11 Å². The summed E-state index contributed by atoms with van der Waals surface area (Å²) >= 11 is 0. The highest BCUT2D eigenvalue weighted by atomic mass is 16.6. The van der Waals surface area contributed by atoms with Gasteiger partial charge in [0.2, 0.25) is 0 Å². The van der Waals surface area contributed by atoms with Gasteiger partial charge in [-0.15, -0.1) is 0 Å². The zero-order chi connectivity index (χ0) is 17.8. The van der Waals surface area contributed by atoms with Crippen LogP contribution in [0.25, 0.3) is 16.8 Å². The Morgan fingerprint density at radius 1 is 1.04 bits per heavy atom. The number of carbonyl (C=O) groups is 1. The molecule has 0 spiro atoms. The molecule has 0 amide bonds. The number of hydrogen-bond donors (Lipinski definition) is 0. The molecule has 25 heavy (non-hydrogen) atoms. The van der Waals surface area contributed by atoms with Crippen molar-refractivity contribution >= 4 is 28.3 Å². The van der Waals surface area contributed by atoms with Gasteiger partial charge in [-0.1, -0.05) is 36.4 Å². The number of fused-ring (bicyclic) bond motifs is 1. The number of benzene rings is 3. The van der Waals surface area contributed by atoms with Crippen molar-refractivity contribution in [2.24, 2.45) is 0 Å². The minimum atomic E-state index is -0.462. The predicted molar refractivity (Wildman–Crippen MR) is 97.0 cm³/mol. The number of rotatable bonds is 5. The lowest BCUT2D eigenvalue weighted by Gasteiger charge is -2.04. The van der Waals surface area contributed by atoms with E-state index in [0.29, 0.717) is 11.1 Å². The van der Waals surface area contributed by atoms with Crippen molar-refractivity contribution in [2.45, 2.75) is 0 Å². The fourth-order valence-corrected chi connectivity index (χ4v) is 2.51. The Balaban J connectivity index is 1.84. The van der Waals surface area contributed by atoms with Crippen LogP contribution < -0.4 is 4.74 Å². The van der Waals surface area contributed by atoms with Crippen LogP contribution in [0.2, 0.25) is 0 Å². The monoisotopic (exact) mass is 333 g/mol. The molecule has 0 aromatic heterocycles. The third-order valence-corrected chi connectivity index (χ3v) is 3.84. The molecule has 0 aliphatic carbocycles. The molecule has 124 valence electrons. The van der Waals surface area contributed by atoms with Gasteiger partial charge in [-0.05, 0) is 40.6 Å². The molecule has 0 N–H and O–H groups in total. The lowest BCUT2D eigenvalue weighted by molar-refractivity contribution is -0.384. The largest absolute Gasteiger partial charge is 0.497 e. The number of hydrogen-bond acceptors (Lipinski definition) is 4. The van der Waals surface area contributed by atoms with Gasteiger partial charge in [0.25, 0.3) is 5.69 Å². The van der Waals surface area contributed by atoms with Gasteiger partial charge >= 0.3 is 0 Å². The predicted octanol–water partition coefficient (Wildman–Crippen LogP) is 4.65. The van der Waals surface area contributed by atoms with Gasteiger partial charge in [-0.2, -0.15) is 0 Å². The van der Waals surface area contributed by atoms with Gasteiger partial charge in [-0.25, -0.2) is 0 Å². The number of methoxy groups -OCH3 is 1. The molecule has 0 heterocycles. The molecule has 3 aromatic carbocycles. The Labute approximate surface area is 144 Å². The summed E-state index contributed by atoms with van der Waals surface area (Å²) < 4.78 is 5.19. The van der Waals surface area contributed by atoms with Gasteiger partial charge in [0.05, 0.1) is 12.0 Å². The summed E-state index contributed by atoms with van der Waals surface area (Å²) in [5, 5.41) is 12.7. The van der Waals surface area contributed by atoms with E-state index in [0.717, 1.165) is 16.5 Å². The number of nitro groups is 1. The molecule has 0 atom stereocenters. The number of carbonyl (C=O) groups excluding carboxylic acids is 1. The summed E-state index contributed by atoms with van der Waals surface area (Å²) in [6, 6.07) is 17.2. The Morgan fingerprint density at radius 3 is 2.56 bits per heavy atom. The van der Waals surface area contributed by atoms with E-state index in [1.54, 1.807) is 31.4 Å². The van der Waals surface area contributed by atoms with Crippen LogP contribution in [0.15, 0.2) is 66.7 Å². The van der Waals surface area contributed by atoms with Crippen LogP contribution in [0, 0.1) is 10.1 Å². The number of nitrogens with zero attached hydrogens (tertiary/aromatic N) is 1. The van der Waals surface area contributed by atoms with Crippen LogP contribution in [0.3, 0.4) is 0 Å². The Morgan fingerprint density at radius 2 is 1.80 bits per heavy atom. The summed E-state index contributed by atoms with van der Waals surface area (Å²) in [6.07, 6.45) is 3.00. The van der Waals surface area contributed by atoms with Crippen LogP contribution in [0.5, 0.6) is 5.75 Å². The minimum Gasteiger partial charge on any atom is -0.497 e.